The van der Waals surface area contributed by atoms with Gasteiger partial charge in [-0.1, -0.05) is 71.4 Å². The number of aliphatic hydroxyl groups excluding tert-OH is 1. The Balaban J connectivity index is 2.31. The van der Waals surface area contributed by atoms with Crippen LogP contribution >= 0.6 is 0 Å². The molecule has 10 atom stereocenters. The molecule has 0 aliphatic carbocycles. The van der Waals surface area contributed by atoms with E-state index in [1.807, 2.05) is 32.0 Å². The third-order valence-electron chi connectivity index (χ3n) is 11.1. The van der Waals surface area contributed by atoms with Gasteiger partial charge in [-0.3, -0.25) is 19.2 Å². The Kier molecular flexibility index (Phi) is 20.9. The molecule has 2 rings (SSSR count). The molecule has 328 valence electrons. The van der Waals surface area contributed by atoms with Crippen molar-refractivity contribution < 1.29 is 48.1 Å². The molecular formula is C41H69N7O10. The molecule has 1 aromatic rings. The molecule has 0 radical (unpaired) electrons. The van der Waals surface area contributed by atoms with Crippen molar-refractivity contribution in [2.75, 3.05) is 41.4 Å². The van der Waals surface area contributed by atoms with E-state index >= 15 is 0 Å². The summed E-state index contributed by atoms with van der Waals surface area (Å²) in [4.78, 5) is 82.2. The van der Waals surface area contributed by atoms with Crippen LogP contribution in [0.1, 0.15) is 91.7 Å². The Hall–Kier alpha value is -4.48. The van der Waals surface area contributed by atoms with Crippen LogP contribution in [0, 0.1) is 17.8 Å². The van der Waals surface area contributed by atoms with Gasteiger partial charge in [0.1, 0.15) is 6.04 Å². The minimum Gasteiger partial charge on any atom is -0.436 e. The third kappa shape index (κ3) is 14.1. The molecule has 17 nitrogen and oxygen atoms in total. The van der Waals surface area contributed by atoms with Gasteiger partial charge >= 0.3 is 12.1 Å². The highest BCUT2D eigenvalue weighted by molar-refractivity contribution is 5.90. The van der Waals surface area contributed by atoms with Crippen molar-refractivity contribution in [1.29, 1.82) is 0 Å². The number of aliphatic hydroxyl groups is 1. The van der Waals surface area contributed by atoms with E-state index in [-0.39, 0.29) is 43.5 Å². The fourth-order valence-corrected chi connectivity index (χ4v) is 7.62. The van der Waals surface area contributed by atoms with Gasteiger partial charge in [0.2, 0.25) is 17.7 Å². The number of hydrogen-bond donors (Lipinski definition) is 6. The second-order valence-electron chi connectivity index (χ2n) is 15.6. The number of hydrogen-bond acceptors (Lipinski definition) is 10. The van der Waals surface area contributed by atoms with E-state index in [2.05, 4.69) is 21.3 Å². The summed E-state index contributed by atoms with van der Waals surface area (Å²) < 4.78 is 17.2. The number of carbonyl (C=O) groups excluding carboxylic acids is 6. The van der Waals surface area contributed by atoms with Crippen LogP contribution in [0.15, 0.2) is 30.3 Å². The molecule has 0 aromatic heterocycles. The van der Waals surface area contributed by atoms with E-state index in [0.29, 0.717) is 31.4 Å². The highest BCUT2D eigenvalue weighted by Crippen LogP contribution is 2.30. The number of likely N-dealkylation sites (tertiary alicyclic amines) is 1. The molecular weight excluding hydrogens is 750 g/mol. The maximum absolute atomic E-state index is 14.4. The second-order valence-corrected chi connectivity index (χ2v) is 15.6. The number of carbonyl (C=O) groups is 6. The first-order chi connectivity index (χ1) is 27.4. The summed E-state index contributed by atoms with van der Waals surface area (Å²) in [5.74, 6) is -2.89. The Morgan fingerprint density at radius 3 is 2.19 bits per heavy atom. The number of urea groups is 1. The van der Waals surface area contributed by atoms with E-state index in [9.17, 15) is 33.9 Å². The van der Waals surface area contributed by atoms with Crippen LogP contribution in [0.3, 0.4) is 0 Å². The zero-order valence-electron chi connectivity index (χ0n) is 36.0. The fraction of sp³-hybridized carbons (Fsp3) is 0.707. The molecule has 1 heterocycles. The number of amides is 7. The first-order valence-corrected chi connectivity index (χ1v) is 20.3. The standard InChI is InChI=1S/C41H69N7O10/c1-11-25(4)33(47(8)39(53)29(19-15-21-44-40(42)54)46-38(52)35(24(2)3)58-41(55)43-7)31(56-9)23-32(49)48-22-16-20-30(48)36(57-10)26(5)37(51)45-27(6)34(50)28-17-13-12-14-18-28/h12-14,17-18,24-27,29-31,33-36,50H,11,15-16,19-23H2,1-10H3,(H,43,55)(H,45,51)(H,46,52)(H3,42,44,54)/t25?,26?,27?,29?,30-,31?,33?,34?,35?,36?/m0/s1. The average Bonchev–Trinajstić information content (AvgIpc) is 3.69. The van der Waals surface area contributed by atoms with Crippen molar-refractivity contribution in [2.24, 2.45) is 23.5 Å². The molecule has 17 heteroatoms. The predicted molar refractivity (Wildman–Crippen MR) is 218 cm³/mol. The lowest BCUT2D eigenvalue weighted by atomic mass is 9.89. The lowest BCUT2D eigenvalue weighted by Crippen LogP contribution is -2.58. The number of benzene rings is 1. The number of rotatable bonds is 23. The van der Waals surface area contributed by atoms with Crippen molar-refractivity contribution in [3.8, 4) is 0 Å². The molecule has 58 heavy (non-hydrogen) atoms. The summed E-state index contributed by atoms with van der Waals surface area (Å²) in [5, 5.41) is 21.4. The molecule has 1 saturated heterocycles. The fourth-order valence-electron chi connectivity index (χ4n) is 7.62. The smallest absolute Gasteiger partial charge is 0.407 e. The van der Waals surface area contributed by atoms with Gasteiger partial charge in [0.15, 0.2) is 6.10 Å². The topological polar surface area (TPSA) is 231 Å². The van der Waals surface area contributed by atoms with Gasteiger partial charge in [-0.2, -0.15) is 0 Å². The number of ether oxygens (including phenoxy) is 3. The van der Waals surface area contributed by atoms with Gasteiger partial charge in [-0.25, -0.2) is 9.59 Å². The SMILES string of the molecule is CCC(C)C(C(CC(=O)N1CCC[C@H]1C(OC)C(C)C(=O)NC(C)C(O)c1ccccc1)OC)N(C)C(=O)C(CCCNC(N)=O)NC(=O)C(OC(=O)NC)C(C)C. The van der Waals surface area contributed by atoms with Gasteiger partial charge in [-0.15, -0.1) is 0 Å². The van der Waals surface area contributed by atoms with E-state index in [1.54, 1.807) is 51.8 Å². The molecule has 1 aliphatic rings. The molecule has 1 aliphatic heterocycles. The number of alkyl carbamates (subject to hydrolysis) is 1. The van der Waals surface area contributed by atoms with Gasteiger partial charge in [0.05, 0.1) is 48.8 Å². The van der Waals surface area contributed by atoms with Crippen LogP contribution < -0.4 is 27.0 Å². The normalized spacial score (nSPS) is 18.7. The number of methoxy groups -OCH3 is 2. The van der Waals surface area contributed by atoms with Crippen LogP contribution in [0.4, 0.5) is 9.59 Å². The molecule has 9 unspecified atom stereocenters. The van der Waals surface area contributed by atoms with E-state index < -0.39 is 84.4 Å². The monoisotopic (exact) mass is 820 g/mol. The zero-order valence-corrected chi connectivity index (χ0v) is 36.0. The number of nitrogens with one attached hydrogen (secondary N) is 4. The van der Waals surface area contributed by atoms with Crippen LogP contribution in [0.2, 0.25) is 0 Å². The molecule has 0 saturated carbocycles. The highest BCUT2D eigenvalue weighted by atomic mass is 16.6. The molecule has 7 N–H and O–H groups in total. The highest BCUT2D eigenvalue weighted by Gasteiger charge is 2.43. The van der Waals surface area contributed by atoms with Crippen molar-refractivity contribution >= 4 is 35.8 Å². The number of likely N-dealkylation sites (N-methyl/N-ethyl adjacent to an activating group) is 1. The first kappa shape index (κ1) is 49.7. The van der Waals surface area contributed by atoms with E-state index in [1.165, 1.54) is 26.2 Å². The Morgan fingerprint density at radius 1 is 0.983 bits per heavy atom. The Bertz CT molecular complexity index is 1480. The lowest BCUT2D eigenvalue weighted by Gasteiger charge is -2.40. The maximum Gasteiger partial charge on any atom is 0.407 e. The molecule has 7 amide bonds. The van der Waals surface area contributed by atoms with Gasteiger partial charge < -0.3 is 56.1 Å². The second kappa shape index (κ2) is 24.4. The van der Waals surface area contributed by atoms with Crippen LogP contribution in [0.5, 0.6) is 0 Å². The largest absolute Gasteiger partial charge is 0.436 e. The average molecular weight is 820 g/mol. The minimum absolute atomic E-state index is 0.0775. The van der Waals surface area contributed by atoms with Crippen LogP contribution in [0.25, 0.3) is 0 Å². The number of primary amides is 1. The summed E-state index contributed by atoms with van der Waals surface area (Å²) in [5.41, 5.74) is 5.91. The molecule has 1 fully saturated rings. The van der Waals surface area contributed by atoms with E-state index in [0.717, 1.165) is 0 Å². The summed E-state index contributed by atoms with van der Waals surface area (Å²) >= 11 is 0. The summed E-state index contributed by atoms with van der Waals surface area (Å²) in [7, 11) is 5.98. The Labute approximate surface area is 343 Å². The number of nitrogens with two attached hydrogens (primary N) is 1. The van der Waals surface area contributed by atoms with Crippen molar-refractivity contribution in [2.45, 2.75) is 129 Å². The first-order valence-electron chi connectivity index (χ1n) is 20.3. The minimum atomic E-state index is -1.19. The molecule has 0 spiro atoms. The number of nitrogens with zero attached hydrogens (tertiary/aromatic N) is 2. The quantitative estimate of drug-likeness (QED) is 0.0884. The van der Waals surface area contributed by atoms with Crippen molar-refractivity contribution in [1.82, 2.24) is 31.1 Å². The molecule has 1 aromatic carbocycles. The zero-order chi connectivity index (χ0) is 43.7. The van der Waals surface area contributed by atoms with Crippen LogP contribution in [-0.4, -0.2) is 135 Å². The lowest BCUT2D eigenvalue weighted by molar-refractivity contribution is -0.148. The van der Waals surface area contributed by atoms with Gasteiger partial charge in [0, 0.05) is 41.4 Å². The van der Waals surface area contributed by atoms with Gasteiger partial charge in [-0.05, 0) is 50.0 Å². The molecule has 0 bridgehead atoms. The van der Waals surface area contributed by atoms with Gasteiger partial charge in [0.25, 0.3) is 5.91 Å². The van der Waals surface area contributed by atoms with Crippen molar-refractivity contribution in [3.05, 3.63) is 35.9 Å². The predicted octanol–water partition coefficient (Wildman–Crippen LogP) is 2.46. The third-order valence-corrected chi connectivity index (χ3v) is 11.1. The van der Waals surface area contributed by atoms with E-state index in [4.69, 9.17) is 19.9 Å². The summed E-state index contributed by atoms with van der Waals surface area (Å²) in [6, 6.07) is 5.66. The Morgan fingerprint density at radius 2 is 1.64 bits per heavy atom. The van der Waals surface area contributed by atoms with Crippen molar-refractivity contribution in [3.63, 3.8) is 0 Å². The summed E-state index contributed by atoms with van der Waals surface area (Å²) in [6.45, 7) is 11.4. The maximum atomic E-state index is 14.4. The summed E-state index contributed by atoms with van der Waals surface area (Å²) in [6.07, 6.45) is -2.03. The van der Waals surface area contributed by atoms with Crippen LogP contribution in [-0.2, 0) is 33.4 Å².